The minimum absolute atomic E-state index is 0.160. The lowest BCUT2D eigenvalue weighted by Crippen LogP contribution is -2.11. The largest absolute Gasteiger partial charge is 0.205 e. The zero-order chi connectivity index (χ0) is 16.2. The van der Waals surface area contributed by atoms with Crippen LogP contribution in [0.1, 0.15) is 37.2 Å². The van der Waals surface area contributed by atoms with E-state index in [-0.39, 0.29) is 10.8 Å². The van der Waals surface area contributed by atoms with E-state index in [9.17, 15) is 4.39 Å². The summed E-state index contributed by atoms with van der Waals surface area (Å²) in [5.74, 6) is 0.866. The van der Waals surface area contributed by atoms with Crippen LogP contribution in [0.3, 0.4) is 0 Å². The monoisotopic (exact) mass is 348 g/mol. The van der Waals surface area contributed by atoms with Crippen LogP contribution in [-0.2, 0) is 0 Å². The molecular formula is C20H19Cl2F. The molecule has 2 aromatic rings. The van der Waals surface area contributed by atoms with Crippen molar-refractivity contribution in [2.45, 2.75) is 31.6 Å². The van der Waals surface area contributed by atoms with Crippen LogP contribution >= 0.6 is 23.2 Å². The topological polar surface area (TPSA) is 0 Å². The molecule has 0 N–H and O–H groups in total. The van der Waals surface area contributed by atoms with E-state index >= 15 is 0 Å². The second kappa shape index (κ2) is 7.51. The maximum atomic E-state index is 13.6. The van der Waals surface area contributed by atoms with Gasteiger partial charge in [0.05, 0.1) is 5.02 Å². The molecule has 0 atom stereocenters. The van der Waals surface area contributed by atoms with Crippen molar-refractivity contribution in [2.24, 2.45) is 5.92 Å². The van der Waals surface area contributed by atoms with Gasteiger partial charge < -0.3 is 0 Å². The molecule has 0 aliphatic heterocycles. The molecule has 0 radical (unpaired) electrons. The van der Waals surface area contributed by atoms with Crippen molar-refractivity contribution in [3.63, 3.8) is 0 Å². The van der Waals surface area contributed by atoms with Crippen LogP contribution in [0.25, 0.3) is 11.1 Å². The van der Waals surface area contributed by atoms with Crippen LogP contribution in [0.5, 0.6) is 0 Å². The van der Waals surface area contributed by atoms with E-state index < -0.39 is 0 Å². The third-order valence-electron chi connectivity index (χ3n) is 4.75. The van der Waals surface area contributed by atoms with Crippen LogP contribution in [0, 0.1) is 11.7 Å². The van der Waals surface area contributed by atoms with Gasteiger partial charge in [-0.2, -0.15) is 0 Å². The van der Waals surface area contributed by atoms with Crippen molar-refractivity contribution >= 4 is 23.2 Å². The van der Waals surface area contributed by atoms with Crippen molar-refractivity contribution in [3.05, 3.63) is 70.5 Å². The third-order valence-corrected chi connectivity index (χ3v) is 5.20. The number of allylic oxidation sites excluding steroid dienone is 1. The average Bonchev–Trinajstić information content (AvgIpc) is 2.59. The van der Waals surface area contributed by atoms with Crippen molar-refractivity contribution in [2.75, 3.05) is 0 Å². The molecule has 0 spiro atoms. The van der Waals surface area contributed by atoms with Crippen LogP contribution in [0.15, 0.2) is 54.1 Å². The maximum absolute atomic E-state index is 13.6. The fourth-order valence-electron chi connectivity index (χ4n) is 3.37. The molecule has 0 aromatic heterocycles. The Bertz CT molecular complexity index is 683. The molecule has 0 heterocycles. The number of rotatable bonds is 3. The van der Waals surface area contributed by atoms with Gasteiger partial charge in [0.15, 0.2) is 0 Å². The molecular weight excluding hydrogens is 330 g/mol. The van der Waals surface area contributed by atoms with Crippen LogP contribution < -0.4 is 0 Å². The lowest BCUT2D eigenvalue weighted by molar-refractivity contribution is 0.376. The Balaban J connectivity index is 1.71. The van der Waals surface area contributed by atoms with Gasteiger partial charge >= 0.3 is 0 Å². The summed E-state index contributed by atoms with van der Waals surface area (Å²) in [6, 6.07) is 13.4. The molecule has 0 saturated heterocycles. The molecule has 2 aromatic carbocycles. The highest BCUT2D eigenvalue weighted by atomic mass is 35.5. The normalized spacial score (nSPS) is 21.7. The first-order valence-corrected chi connectivity index (χ1v) is 8.81. The van der Waals surface area contributed by atoms with E-state index in [2.05, 4.69) is 30.3 Å². The zero-order valence-corrected chi connectivity index (χ0v) is 14.3. The highest BCUT2D eigenvalue weighted by molar-refractivity contribution is 6.30. The van der Waals surface area contributed by atoms with E-state index in [1.807, 2.05) is 6.07 Å². The molecule has 0 bridgehead atoms. The molecule has 1 fully saturated rings. The summed E-state index contributed by atoms with van der Waals surface area (Å²) in [6.45, 7) is 0. The standard InChI is InChI=1S/C20H19Cl2F/c21-12-11-14-1-3-15(4-2-14)16-5-7-17(8-6-16)18-9-10-19(22)20(23)13-18/h5-15H,1-4H2/b12-11+/t14-,15-. The lowest BCUT2D eigenvalue weighted by Gasteiger charge is -2.27. The summed E-state index contributed by atoms with van der Waals surface area (Å²) in [7, 11) is 0. The van der Waals surface area contributed by atoms with Gasteiger partial charge in [0.25, 0.3) is 0 Å². The minimum atomic E-state index is -0.376. The van der Waals surface area contributed by atoms with Crippen LogP contribution in [0.4, 0.5) is 4.39 Å². The SMILES string of the molecule is Fc1cc(-c2ccc([C@H]3CC[C@H](/C=C/Cl)CC3)cc2)ccc1Cl. The average molecular weight is 349 g/mol. The Hall–Kier alpha value is -1.31. The van der Waals surface area contributed by atoms with Crippen molar-refractivity contribution in [1.82, 2.24) is 0 Å². The minimum Gasteiger partial charge on any atom is -0.205 e. The molecule has 1 saturated carbocycles. The number of hydrogen-bond acceptors (Lipinski definition) is 0. The van der Waals surface area contributed by atoms with Gasteiger partial charge in [-0.1, -0.05) is 59.6 Å². The van der Waals surface area contributed by atoms with Gasteiger partial charge in [-0.3, -0.25) is 0 Å². The Morgan fingerprint density at radius 1 is 0.913 bits per heavy atom. The van der Waals surface area contributed by atoms with E-state index in [1.54, 1.807) is 11.6 Å². The fraction of sp³-hybridized carbons (Fsp3) is 0.300. The summed E-state index contributed by atoms with van der Waals surface area (Å²) in [6.07, 6.45) is 6.88. The van der Waals surface area contributed by atoms with Crippen molar-refractivity contribution < 1.29 is 4.39 Å². The van der Waals surface area contributed by atoms with Crippen LogP contribution in [-0.4, -0.2) is 0 Å². The summed E-state index contributed by atoms with van der Waals surface area (Å²) < 4.78 is 13.6. The maximum Gasteiger partial charge on any atom is 0.142 e. The molecule has 3 heteroatoms. The highest BCUT2D eigenvalue weighted by Crippen LogP contribution is 2.37. The van der Waals surface area contributed by atoms with E-state index in [0.29, 0.717) is 11.8 Å². The zero-order valence-electron chi connectivity index (χ0n) is 12.8. The van der Waals surface area contributed by atoms with Gasteiger partial charge in [-0.15, -0.1) is 0 Å². The van der Waals surface area contributed by atoms with E-state index in [0.717, 1.165) is 11.1 Å². The van der Waals surface area contributed by atoms with Crippen molar-refractivity contribution in [3.8, 4) is 11.1 Å². The smallest absolute Gasteiger partial charge is 0.142 e. The molecule has 1 aliphatic carbocycles. The van der Waals surface area contributed by atoms with Gasteiger partial charge in [-0.25, -0.2) is 4.39 Å². The first kappa shape index (κ1) is 16.5. The van der Waals surface area contributed by atoms with Crippen molar-refractivity contribution in [1.29, 1.82) is 0 Å². The summed E-state index contributed by atoms with van der Waals surface area (Å²) in [4.78, 5) is 0. The molecule has 0 amide bonds. The number of hydrogen-bond donors (Lipinski definition) is 0. The number of halogens is 3. The second-order valence-electron chi connectivity index (χ2n) is 6.18. The predicted molar refractivity (Wildman–Crippen MR) is 96.5 cm³/mol. The van der Waals surface area contributed by atoms with E-state index in [1.165, 1.54) is 37.3 Å². The predicted octanol–water partition coefficient (Wildman–Crippen LogP) is 7.17. The van der Waals surface area contributed by atoms with Crippen LogP contribution in [0.2, 0.25) is 5.02 Å². The number of benzene rings is 2. The molecule has 120 valence electrons. The molecule has 0 unspecified atom stereocenters. The Morgan fingerprint density at radius 2 is 1.57 bits per heavy atom. The Labute approximate surface area is 146 Å². The highest BCUT2D eigenvalue weighted by Gasteiger charge is 2.20. The van der Waals surface area contributed by atoms with Gasteiger partial charge in [0.2, 0.25) is 0 Å². The first-order valence-electron chi connectivity index (χ1n) is 7.99. The first-order chi connectivity index (χ1) is 11.2. The summed E-state index contributed by atoms with van der Waals surface area (Å²) in [5, 5.41) is 0.160. The van der Waals surface area contributed by atoms with E-state index in [4.69, 9.17) is 23.2 Å². The molecule has 0 nitrogen and oxygen atoms in total. The fourth-order valence-corrected chi connectivity index (χ4v) is 3.69. The Kier molecular flexibility index (Phi) is 5.40. The molecule has 23 heavy (non-hydrogen) atoms. The third kappa shape index (κ3) is 3.97. The Morgan fingerprint density at radius 3 is 2.17 bits per heavy atom. The van der Waals surface area contributed by atoms with Gasteiger partial charge in [-0.05, 0) is 66.3 Å². The summed E-state index contributed by atoms with van der Waals surface area (Å²) in [5.41, 5.74) is 4.89. The van der Waals surface area contributed by atoms with Gasteiger partial charge in [0.1, 0.15) is 5.82 Å². The summed E-state index contributed by atoms with van der Waals surface area (Å²) >= 11 is 11.4. The lowest BCUT2D eigenvalue weighted by atomic mass is 9.78. The quantitative estimate of drug-likeness (QED) is 0.551. The second-order valence-corrected chi connectivity index (χ2v) is 6.84. The molecule has 3 rings (SSSR count). The van der Waals surface area contributed by atoms with Gasteiger partial charge in [0, 0.05) is 5.54 Å². The molecule has 1 aliphatic rings.